The van der Waals surface area contributed by atoms with Crippen molar-refractivity contribution in [1.29, 1.82) is 0 Å². The molecule has 2 aromatic heterocycles. The van der Waals surface area contributed by atoms with E-state index < -0.39 is 0 Å². The summed E-state index contributed by atoms with van der Waals surface area (Å²) in [5, 5.41) is 2.62. The number of aromatic nitrogens is 3. The topological polar surface area (TPSA) is 94.2 Å². The number of anilines is 2. The Bertz CT molecular complexity index is 845. The minimum absolute atomic E-state index is 0.0809. The number of aromatic amines is 1. The van der Waals surface area contributed by atoms with Gasteiger partial charge in [-0.3, -0.25) is 14.6 Å². The van der Waals surface area contributed by atoms with E-state index in [4.69, 9.17) is 0 Å². The fourth-order valence-corrected chi connectivity index (χ4v) is 2.91. The second-order valence-corrected chi connectivity index (χ2v) is 6.18. The first-order valence-electron chi connectivity index (χ1n) is 8.22. The Balaban J connectivity index is 1.86. The van der Waals surface area contributed by atoms with Gasteiger partial charge in [0.05, 0.1) is 5.69 Å². The molecule has 0 spiro atoms. The van der Waals surface area contributed by atoms with E-state index in [-0.39, 0.29) is 11.5 Å². The zero-order chi connectivity index (χ0) is 18.0. The molecule has 0 fully saturated rings. The largest absolute Gasteiger partial charge is 0.356 e. The van der Waals surface area contributed by atoms with Crippen LogP contribution in [0, 0.1) is 0 Å². The summed E-state index contributed by atoms with van der Waals surface area (Å²) >= 11 is 0. The van der Waals surface area contributed by atoms with Gasteiger partial charge in [0.2, 0.25) is 5.95 Å². The highest BCUT2D eigenvalue weighted by Gasteiger charge is 2.20. The number of fused-ring (bicyclic) bond motifs is 1. The molecule has 0 aromatic carbocycles. The normalized spacial score (nSPS) is 13.8. The SMILES string of the molecule is CNC(=O)c1ccnc(N2CCc3nc(N(C)C)[nH]c(=O)c3CC2)c1. The van der Waals surface area contributed by atoms with Gasteiger partial charge in [0.15, 0.2) is 0 Å². The Morgan fingerprint density at radius 2 is 2.08 bits per heavy atom. The van der Waals surface area contributed by atoms with Gasteiger partial charge in [-0.2, -0.15) is 0 Å². The van der Waals surface area contributed by atoms with Crippen LogP contribution in [0.1, 0.15) is 21.6 Å². The molecule has 0 unspecified atom stereocenters. The van der Waals surface area contributed by atoms with Crippen molar-refractivity contribution in [2.45, 2.75) is 12.8 Å². The van der Waals surface area contributed by atoms with Gasteiger partial charge < -0.3 is 15.1 Å². The van der Waals surface area contributed by atoms with Crippen molar-refractivity contribution in [2.75, 3.05) is 44.0 Å². The number of amides is 1. The third-order valence-corrected chi connectivity index (χ3v) is 4.32. The molecule has 0 atom stereocenters. The van der Waals surface area contributed by atoms with E-state index in [1.807, 2.05) is 14.1 Å². The number of carbonyl (C=O) groups excluding carboxylic acids is 1. The standard InChI is InChI=1S/C17H22N6O2/c1-18-15(24)11-4-7-19-14(10-11)23-8-5-12-13(6-9-23)20-17(22(2)3)21-16(12)25/h4,7,10H,5-6,8-9H2,1-3H3,(H,18,24)(H,20,21,25). The summed E-state index contributed by atoms with van der Waals surface area (Å²) in [6.07, 6.45) is 2.89. The molecule has 25 heavy (non-hydrogen) atoms. The van der Waals surface area contributed by atoms with Crippen molar-refractivity contribution in [3.8, 4) is 0 Å². The van der Waals surface area contributed by atoms with Crippen molar-refractivity contribution >= 4 is 17.7 Å². The van der Waals surface area contributed by atoms with Gasteiger partial charge in [-0.25, -0.2) is 9.97 Å². The molecule has 1 aliphatic rings. The lowest BCUT2D eigenvalue weighted by molar-refractivity contribution is 0.0963. The summed E-state index contributed by atoms with van der Waals surface area (Å²) in [7, 11) is 5.30. The number of rotatable bonds is 3. The maximum Gasteiger partial charge on any atom is 0.255 e. The van der Waals surface area contributed by atoms with Crippen LogP contribution in [-0.4, -0.2) is 55.1 Å². The number of nitrogens with one attached hydrogen (secondary N) is 2. The molecular formula is C17H22N6O2. The predicted molar refractivity (Wildman–Crippen MR) is 96.4 cm³/mol. The summed E-state index contributed by atoms with van der Waals surface area (Å²) in [5.41, 5.74) is 2.05. The van der Waals surface area contributed by atoms with Crippen LogP contribution in [0.15, 0.2) is 23.1 Å². The molecule has 3 rings (SSSR count). The highest BCUT2D eigenvalue weighted by molar-refractivity contribution is 5.94. The average molecular weight is 342 g/mol. The molecule has 8 nitrogen and oxygen atoms in total. The van der Waals surface area contributed by atoms with Crippen molar-refractivity contribution < 1.29 is 4.79 Å². The molecule has 3 heterocycles. The van der Waals surface area contributed by atoms with Crippen LogP contribution in [0.5, 0.6) is 0 Å². The number of nitrogens with zero attached hydrogens (tertiary/aromatic N) is 4. The predicted octanol–water partition coefficient (Wildman–Crippen LogP) is 0.196. The van der Waals surface area contributed by atoms with Crippen LogP contribution in [0.25, 0.3) is 0 Å². The van der Waals surface area contributed by atoms with E-state index >= 15 is 0 Å². The number of hydrogen-bond donors (Lipinski definition) is 2. The number of carbonyl (C=O) groups is 1. The van der Waals surface area contributed by atoms with E-state index in [0.717, 1.165) is 17.1 Å². The number of H-pyrrole nitrogens is 1. The van der Waals surface area contributed by atoms with Gasteiger partial charge >= 0.3 is 0 Å². The first kappa shape index (κ1) is 16.9. The zero-order valence-corrected chi connectivity index (χ0v) is 14.7. The maximum atomic E-state index is 12.4. The molecule has 0 saturated carbocycles. The lowest BCUT2D eigenvalue weighted by Crippen LogP contribution is -2.28. The summed E-state index contributed by atoms with van der Waals surface area (Å²) in [4.78, 5) is 39.8. The molecule has 0 radical (unpaired) electrons. The van der Waals surface area contributed by atoms with E-state index in [0.29, 0.717) is 37.4 Å². The molecule has 1 amide bonds. The van der Waals surface area contributed by atoms with Crippen LogP contribution in [-0.2, 0) is 12.8 Å². The molecule has 8 heteroatoms. The average Bonchev–Trinajstić information content (AvgIpc) is 2.84. The van der Waals surface area contributed by atoms with Crippen molar-refractivity contribution in [2.24, 2.45) is 0 Å². The third-order valence-electron chi connectivity index (χ3n) is 4.32. The quantitative estimate of drug-likeness (QED) is 0.827. The summed E-state index contributed by atoms with van der Waals surface area (Å²) < 4.78 is 0. The van der Waals surface area contributed by atoms with Crippen LogP contribution < -0.4 is 20.7 Å². The van der Waals surface area contributed by atoms with Gasteiger partial charge in [0, 0.05) is 58.0 Å². The summed E-state index contributed by atoms with van der Waals surface area (Å²) in [6.45, 7) is 1.35. The summed E-state index contributed by atoms with van der Waals surface area (Å²) in [6, 6.07) is 3.46. The Kier molecular flexibility index (Phi) is 4.69. The van der Waals surface area contributed by atoms with Crippen LogP contribution >= 0.6 is 0 Å². The highest BCUT2D eigenvalue weighted by Crippen LogP contribution is 2.18. The Morgan fingerprint density at radius 1 is 1.32 bits per heavy atom. The van der Waals surface area contributed by atoms with Crippen LogP contribution in [0.3, 0.4) is 0 Å². The highest BCUT2D eigenvalue weighted by atomic mass is 16.1. The first-order chi connectivity index (χ1) is 12.0. The number of pyridine rings is 1. The van der Waals surface area contributed by atoms with Gasteiger partial charge in [-0.15, -0.1) is 0 Å². The molecular weight excluding hydrogens is 320 g/mol. The van der Waals surface area contributed by atoms with Gasteiger partial charge in [0.1, 0.15) is 5.82 Å². The Hall–Kier alpha value is -2.90. The lowest BCUT2D eigenvalue weighted by atomic mass is 10.1. The van der Waals surface area contributed by atoms with Crippen molar-refractivity contribution in [1.82, 2.24) is 20.3 Å². The minimum Gasteiger partial charge on any atom is -0.356 e. The first-order valence-corrected chi connectivity index (χ1v) is 8.22. The smallest absolute Gasteiger partial charge is 0.255 e. The van der Waals surface area contributed by atoms with Crippen molar-refractivity contribution in [3.63, 3.8) is 0 Å². The van der Waals surface area contributed by atoms with E-state index in [1.165, 1.54) is 0 Å². The van der Waals surface area contributed by atoms with Gasteiger partial charge in [0.25, 0.3) is 11.5 Å². The fourth-order valence-electron chi connectivity index (χ4n) is 2.91. The minimum atomic E-state index is -0.143. The molecule has 0 saturated heterocycles. The molecule has 2 aromatic rings. The summed E-state index contributed by atoms with van der Waals surface area (Å²) in [5.74, 6) is 1.16. The molecule has 2 N–H and O–H groups in total. The molecule has 1 aliphatic heterocycles. The molecule has 0 aliphatic carbocycles. The lowest BCUT2D eigenvalue weighted by Gasteiger charge is -2.21. The van der Waals surface area contributed by atoms with Gasteiger partial charge in [-0.1, -0.05) is 0 Å². The van der Waals surface area contributed by atoms with E-state index in [9.17, 15) is 9.59 Å². The van der Waals surface area contributed by atoms with E-state index in [1.54, 1.807) is 30.3 Å². The number of hydrogen-bond acceptors (Lipinski definition) is 6. The van der Waals surface area contributed by atoms with Crippen molar-refractivity contribution in [3.05, 3.63) is 45.5 Å². The van der Waals surface area contributed by atoms with Crippen LogP contribution in [0.4, 0.5) is 11.8 Å². The van der Waals surface area contributed by atoms with E-state index in [2.05, 4.69) is 25.2 Å². The monoisotopic (exact) mass is 342 g/mol. The Labute approximate surface area is 145 Å². The Morgan fingerprint density at radius 3 is 2.80 bits per heavy atom. The van der Waals surface area contributed by atoms with Gasteiger partial charge in [-0.05, 0) is 18.6 Å². The van der Waals surface area contributed by atoms with Crippen LogP contribution in [0.2, 0.25) is 0 Å². The third kappa shape index (κ3) is 3.47. The molecule has 132 valence electrons. The molecule has 0 bridgehead atoms. The fraction of sp³-hybridized carbons (Fsp3) is 0.412. The second-order valence-electron chi connectivity index (χ2n) is 6.18. The zero-order valence-electron chi connectivity index (χ0n) is 14.7. The second kappa shape index (κ2) is 6.92. The maximum absolute atomic E-state index is 12.4.